The van der Waals surface area contributed by atoms with Gasteiger partial charge in [0.05, 0.1) is 4.92 Å². The number of benzene rings is 1. The lowest BCUT2D eigenvalue weighted by Gasteiger charge is -2.11. The molecule has 0 radical (unpaired) electrons. The summed E-state index contributed by atoms with van der Waals surface area (Å²) >= 11 is 0. The summed E-state index contributed by atoms with van der Waals surface area (Å²) in [4.78, 5) is 10.5. The fourth-order valence-electron chi connectivity index (χ4n) is 1.90. The maximum atomic E-state index is 10.8. The molecule has 0 aliphatic carbocycles. The maximum absolute atomic E-state index is 10.8. The minimum atomic E-state index is -0.339. The second-order valence-electron chi connectivity index (χ2n) is 4.35. The van der Waals surface area contributed by atoms with Gasteiger partial charge in [-0.05, 0) is 12.8 Å². The molecule has 4 heteroatoms. The van der Waals surface area contributed by atoms with Crippen molar-refractivity contribution >= 4 is 5.69 Å². The van der Waals surface area contributed by atoms with E-state index in [0.29, 0.717) is 6.42 Å². The van der Waals surface area contributed by atoms with E-state index in [4.69, 9.17) is 5.73 Å². The zero-order valence-corrected chi connectivity index (χ0v) is 10.3. The largest absolute Gasteiger partial charge is 0.327 e. The van der Waals surface area contributed by atoms with Crippen LogP contribution in [0.2, 0.25) is 0 Å². The number of nitrogens with zero attached hydrogens (tertiary/aromatic N) is 1. The average molecular weight is 236 g/mol. The van der Waals surface area contributed by atoms with Gasteiger partial charge in [0.2, 0.25) is 0 Å². The Labute approximate surface area is 102 Å². The van der Waals surface area contributed by atoms with E-state index in [2.05, 4.69) is 6.92 Å². The fraction of sp³-hybridized carbons (Fsp3) is 0.538. The highest BCUT2D eigenvalue weighted by Gasteiger charge is 2.14. The third kappa shape index (κ3) is 4.53. The number of nitrogens with two attached hydrogens (primary N) is 1. The van der Waals surface area contributed by atoms with E-state index in [0.717, 1.165) is 24.8 Å². The average Bonchev–Trinajstić information content (AvgIpc) is 2.29. The molecule has 1 aromatic rings. The molecule has 17 heavy (non-hydrogen) atoms. The predicted octanol–water partition coefficient (Wildman–Crippen LogP) is 3.04. The van der Waals surface area contributed by atoms with Gasteiger partial charge in [-0.25, -0.2) is 0 Å². The van der Waals surface area contributed by atoms with Crippen LogP contribution in [0.15, 0.2) is 24.3 Å². The van der Waals surface area contributed by atoms with Crippen molar-refractivity contribution in [1.29, 1.82) is 0 Å². The smallest absolute Gasteiger partial charge is 0.272 e. The zero-order chi connectivity index (χ0) is 12.7. The lowest BCUT2D eigenvalue weighted by Crippen LogP contribution is -2.23. The summed E-state index contributed by atoms with van der Waals surface area (Å²) in [5, 5.41) is 10.8. The first kappa shape index (κ1) is 13.6. The van der Waals surface area contributed by atoms with Crippen molar-refractivity contribution in [3.8, 4) is 0 Å². The number of para-hydroxylation sites is 1. The summed E-state index contributed by atoms with van der Waals surface area (Å²) in [7, 11) is 0. The Morgan fingerprint density at radius 1 is 1.35 bits per heavy atom. The number of rotatable bonds is 7. The lowest BCUT2D eigenvalue weighted by atomic mass is 10.00. The first-order chi connectivity index (χ1) is 8.15. The Morgan fingerprint density at radius 2 is 2.06 bits per heavy atom. The zero-order valence-electron chi connectivity index (χ0n) is 10.3. The Bertz CT molecular complexity index is 366. The molecular weight excluding hydrogens is 216 g/mol. The summed E-state index contributed by atoms with van der Waals surface area (Å²) in [6, 6.07) is 6.85. The Morgan fingerprint density at radius 3 is 2.71 bits per heavy atom. The highest BCUT2D eigenvalue weighted by molar-refractivity contribution is 5.40. The summed E-state index contributed by atoms with van der Waals surface area (Å²) in [6.07, 6.45) is 4.95. The van der Waals surface area contributed by atoms with E-state index in [1.165, 1.54) is 12.5 Å². The van der Waals surface area contributed by atoms with Gasteiger partial charge < -0.3 is 5.73 Å². The van der Waals surface area contributed by atoms with Crippen molar-refractivity contribution in [3.63, 3.8) is 0 Å². The molecule has 0 saturated carbocycles. The monoisotopic (exact) mass is 236 g/mol. The molecule has 1 atom stereocenters. The molecule has 1 rings (SSSR count). The Hall–Kier alpha value is -1.42. The molecule has 0 amide bonds. The fourth-order valence-corrected chi connectivity index (χ4v) is 1.90. The predicted molar refractivity (Wildman–Crippen MR) is 68.9 cm³/mol. The maximum Gasteiger partial charge on any atom is 0.272 e. The third-order valence-electron chi connectivity index (χ3n) is 2.85. The molecule has 0 bridgehead atoms. The second-order valence-corrected chi connectivity index (χ2v) is 4.35. The van der Waals surface area contributed by atoms with Crippen molar-refractivity contribution < 1.29 is 4.92 Å². The summed E-state index contributed by atoms with van der Waals surface area (Å²) in [5.74, 6) is 0. The van der Waals surface area contributed by atoms with Gasteiger partial charge in [0.1, 0.15) is 0 Å². The molecule has 0 heterocycles. The standard InChI is InChI=1S/C13H20N2O2/c1-2-3-4-8-12(14)10-11-7-5-6-9-13(11)15(16)17/h5-7,9,12H,2-4,8,10,14H2,1H3. The van der Waals surface area contributed by atoms with Crippen LogP contribution in [-0.4, -0.2) is 11.0 Å². The molecule has 0 saturated heterocycles. The van der Waals surface area contributed by atoms with Crippen LogP contribution in [0.4, 0.5) is 5.69 Å². The summed E-state index contributed by atoms with van der Waals surface area (Å²) in [5.41, 5.74) is 6.91. The Balaban J connectivity index is 2.58. The number of hydrogen-bond donors (Lipinski definition) is 1. The van der Waals surface area contributed by atoms with Crippen LogP contribution in [0.5, 0.6) is 0 Å². The van der Waals surface area contributed by atoms with E-state index in [9.17, 15) is 10.1 Å². The Kier molecular flexibility index (Phi) is 5.63. The molecule has 1 unspecified atom stereocenters. The van der Waals surface area contributed by atoms with Gasteiger partial charge in [-0.3, -0.25) is 10.1 Å². The first-order valence-electron chi connectivity index (χ1n) is 6.13. The van der Waals surface area contributed by atoms with Gasteiger partial charge in [0.25, 0.3) is 5.69 Å². The number of unbranched alkanes of at least 4 members (excludes halogenated alkanes) is 2. The van der Waals surface area contributed by atoms with Crippen LogP contribution in [0.1, 0.15) is 38.2 Å². The summed E-state index contributed by atoms with van der Waals surface area (Å²) < 4.78 is 0. The second kappa shape index (κ2) is 7.01. The van der Waals surface area contributed by atoms with E-state index < -0.39 is 0 Å². The van der Waals surface area contributed by atoms with Gasteiger partial charge >= 0.3 is 0 Å². The topological polar surface area (TPSA) is 69.2 Å². The first-order valence-corrected chi connectivity index (χ1v) is 6.13. The third-order valence-corrected chi connectivity index (χ3v) is 2.85. The minimum Gasteiger partial charge on any atom is -0.327 e. The van der Waals surface area contributed by atoms with Crippen molar-refractivity contribution in [2.24, 2.45) is 5.73 Å². The van der Waals surface area contributed by atoms with Gasteiger partial charge in [-0.1, -0.05) is 44.4 Å². The molecule has 1 aromatic carbocycles. The van der Waals surface area contributed by atoms with Crippen LogP contribution in [0, 0.1) is 10.1 Å². The molecule has 0 aliphatic rings. The molecule has 0 spiro atoms. The van der Waals surface area contributed by atoms with E-state index in [1.54, 1.807) is 12.1 Å². The van der Waals surface area contributed by atoms with Gasteiger partial charge in [-0.2, -0.15) is 0 Å². The quantitative estimate of drug-likeness (QED) is 0.449. The summed E-state index contributed by atoms with van der Waals surface area (Å²) in [6.45, 7) is 2.15. The molecular formula is C13H20N2O2. The van der Waals surface area contributed by atoms with Gasteiger partial charge in [0.15, 0.2) is 0 Å². The molecule has 4 nitrogen and oxygen atoms in total. The minimum absolute atomic E-state index is 0.0163. The molecule has 0 fully saturated rings. The van der Waals surface area contributed by atoms with Crippen LogP contribution in [0.25, 0.3) is 0 Å². The highest BCUT2D eigenvalue weighted by Crippen LogP contribution is 2.19. The molecule has 94 valence electrons. The molecule has 0 aliphatic heterocycles. The van der Waals surface area contributed by atoms with Crippen molar-refractivity contribution in [3.05, 3.63) is 39.9 Å². The van der Waals surface area contributed by atoms with Crippen LogP contribution in [-0.2, 0) is 6.42 Å². The SMILES string of the molecule is CCCCCC(N)Cc1ccccc1[N+](=O)[O-]. The highest BCUT2D eigenvalue weighted by atomic mass is 16.6. The van der Waals surface area contributed by atoms with Crippen molar-refractivity contribution in [2.45, 2.75) is 45.1 Å². The number of nitro groups is 1. The van der Waals surface area contributed by atoms with Crippen LogP contribution >= 0.6 is 0 Å². The van der Waals surface area contributed by atoms with Crippen molar-refractivity contribution in [1.82, 2.24) is 0 Å². The van der Waals surface area contributed by atoms with Crippen molar-refractivity contribution in [2.75, 3.05) is 0 Å². The van der Waals surface area contributed by atoms with E-state index in [1.807, 2.05) is 6.07 Å². The van der Waals surface area contributed by atoms with Gasteiger partial charge in [0, 0.05) is 17.7 Å². The van der Waals surface area contributed by atoms with E-state index in [-0.39, 0.29) is 16.7 Å². The number of hydrogen-bond acceptors (Lipinski definition) is 3. The lowest BCUT2D eigenvalue weighted by molar-refractivity contribution is -0.385. The normalized spacial score (nSPS) is 12.4. The molecule has 2 N–H and O–H groups in total. The number of nitro benzene ring substituents is 1. The van der Waals surface area contributed by atoms with Crippen LogP contribution < -0.4 is 5.73 Å². The van der Waals surface area contributed by atoms with E-state index >= 15 is 0 Å². The van der Waals surface area contributed by atoms with Crippen LogP contribution in [0.3, 0.4) is 0 Å². The van der Waals surface area contributed by atoms with Gasteiger partial charge in [-0.15, -0.1) is 0 Å². The molecule has 0 aromatic heterocycles.